The lowest BCUT2D eigenvalue weighted by Gasteiger charge is -2.15. The third-order valence-electron chi connectivity index (χ3n) is 3.99. The molecule has 1 aliphatic carbocycles. The highest BCUT2D eigenvalue weighted by molar-refractivity contribution is 6.25. The van der Waals surface area contributed by atoms with Crippen LogP contribution in [0.1, 0.15) is 36.9 Å². The fourth-order valence-electron chi connectivity index (χ4n) is 2.63. The van der Waals surface area contributed by atoms with Gasteiger partial charge in [0.15, 0.2) is 11.6 Å². The molecular formula is C17H21N3O5. The topological polar surface area (TPSA) is 110 Å². The van der Waals surface area contributed by atoms with E-state index in [1.807, 2.05) is 0 Å². The van der Waals surface area contributed by atoms with Crippen molar-refractivity contribution in [2.45, 2.75) is 39.2 Å². The van der Waals surface area contributed by atoms with E-state index in [0.29, 0.717) is 12.1 Å². The summed E-state index contributed by atoms with van der Waals surface area (Å²) >= 11 is 0. The summed E-state index contributed by atoms with van der Waals surface area (Å²) in [5, 5.41) is 14.5. The summed E-state index contributed by atoms with van der Waals surface area (Å²) in [4.78, 5) is 49.6. The van der Waals surface area contributed by atoms with E-state index in [-0.39, 0.29) is 42.9 Å². The smallest absolute Gasteiger partial charge is 0.277 e. The zero-order valence-electron chi connectivity index (χ0n) is 14.5. The molecule has 0 aromatic carbocycles. The lowest BCUT2D eigenvalue weighted by Crippen LogP contribution is -2.31. The van der Waals surface area contributed by atoms with Gasteiger partial charge in [0.05, 0.1) is 17.8 Å². The van der Waals surface area contributed by atoms with Gasteiger partial charge in [0.2, 0.25) is 5.91 Å². The van der Waals surface area contributed by atoms with E-state index in [4.69, 9.17) is 0 Å². The molecule has 0 unspecified atom stereocenters. The third-order valence-corrected chi connectivity index (χ3v) is 3.99. The van der Waals surface area contributed by atoms with Gasteiger partial charge in [0.1, 0.15) is 11.3 Å². The van der Waals surface area contributed by atoms with E-state index in [2.05, 4.69) is 5.10 Å². The highest BCUT2D eigenvalue weighted by Gasteiger charge is 2.29. The summed E-state index contributed by atoms with van der Waals surface area (Å²) in [6, 6.07) is 1.34. The average molecular weight is 347 g/mol. The van der Waals surface area contributed by atoms with E-state index < -0.39 is 22.9 Å². The van der Waals surface area contributed by atoms with Crippen LogP contribution in [0.2, 0.25) is 0 Å². The second kappa shape index (κ2) is 7.42. The Labute approximate surface area is 144 Å². The molecule has 1 saturated carbocycles. The van der Waals surface area contributed by atoms with E-state index in [1.54, 1.807) is 21.0 Å². The number of aryl methyl sites for hydroxylation is 2. The fraction of sp³-hybridized carbons (Fsp3) is 0.471. The average Bonchev–Trinajstić information content (AvgIpc) is 2.54. The minimum atomic E-state index is -0.645. The number of hydrogen-bond acceptors (Lipinski definition) is 6. The molecule has 0 atom stereocenters. The van der Waals surface area contributed by atoms with Crippen molar-refractivity contribution >= 4 is 23.2 Å². The number of Topliss-reactive ketones (excluding diaryl/α,β-unsaturated/α-hetero) is 2. The third kappa shape index (κ3) is 4.01. The highest BCUT2D eigenvalue weighted by Crippen LogP contribution is 2.23. The summed E-state index contributed by atoms with van der Waals surface area (Å²) in [6.07, 6.45) is 0.847. The van der Waals surface area contributed by atoms with Crippen molar-refractivity contribution in [2.75, 3.05) is 14.1 Å². The molecule has 8 heteroatoms. The van der Waals surface area contributed by atoms with Gasteiger partial charge in [0, 0.05) is 33.4 Å². The Hall–Kier alpha value is -2.77. The van der Waals surface area contributed by atoms with Crippen molar-refractivity contribution in [2.24, 2.45) is 0 Å². The van der Waals surface area contributed by atoms with Crippen molar-refractivity contribution < 1.29 is 19.5 Å². The Kier molecular flexibility index (Phi) is 5.51. The Morgan fingerprint density at radius 3 is 2.40 bits per heavy atom. The molecule has 0 aliphatic heterocycles. The highest BCUT2D eigenvalue weighted by atomic mass is 16.3. The number of carbonyl (C=O) groups is 3. The van der Waals surface area contributed by atoms with Crippen molar-refractivity contribution in [3.05, 3.63) is 33.3 Å². The molecule has 1 N–H and O–H groups in total. The number of allylic oxidation sites excluding steroid dienone is 1. The van der Waals surface area contributed by atoms with Crippen LogP contribution in [-0.4, -0.2) is 51.4 Å². The largest absolute Gasteiger partial charge is 0.506 e. The molecule has 25 heavy (non-hydrogen) atoms. The standard InChI is InChI=1S/C17H21N3O5/c1-10-9-11(16(24)15-12(21)5-4-6-13(15)22)17(25)20(18-10)8-7-14(23)19(2)3/h9,24H,4-8H2,1-3H3. The molecule has 1 aromatic rings. The van der Waals surface area contributed by atoms with Crippen molar-refractivity contribution in [3.8, 4) is 0 Å². The maximum absolute atomic E-state index is 12.6. The molecule has 1 aliphatic rings. The van der Waals surface area contributed by atoms with E-state index in [1.165, 1.54) is 11.0 Å². The van der Waals surface area contributed by atoms with Gasteiger partial charge in [-0.05, 0) is 19.4 Å². The molecule has 0 spiro atoms. The molecule has 1 amide bonds. The molecule has 2 rings (SSSR count). The number of ketones is 2. The van der Waals surface area contributed by atoms with Crippen molar-refractivity contribution in [3.63, 3.8) is 0 Å². The van der Waals surface area contributed by atoms with E-state index >= 15 is 0 Å². The maximum atomic E-state index is 12.6. The Bertz CT molecular complexity index is 802. The Balaban J connectivity index is 2.45. The second-order valence-electron chi connectivity index (χ2n) is 6.19. The molecule has 0 bridgehead atoms. The van der Waals surface area contributed by atoms with Gasteiger partial charge < -0.3 is 10.0 Å². The van der Waals surface area contributed by atoms with Crippen molar-refractivity contribution in [1.82, 2.24) is 14.7 Å². The first-order valence-electron chi connectivity index (χ1n) is 8.01. The van der Waals surface area contributed by atoms with Crippen LogP contribution in [0.25, 0.3) is 5.76 Å². The van der Waals surface area contributed by atoms with Crippen LogP contribution in [-0.2, 0) is 20.9 Å². The zero-order chi connectivity index (χ0) is 18.7. The summed E-state index contributed by atoms with van der Waals surface area (Å²) in [7, 11) is 3.22. The van der Waals surface area contributed by atoms with Gasteiger partial charge >= 0.3 is 0 Å². The van der Waals surface area contributed by atoms with Crippen LogP contribution < -0.4 is 5.56 Å². The number of aliphatic hydroxyl groups is 1. The van der Waals surface area contributed by atoms with Gasteiger partial charge in [0.25, 0.3) is 5.56 Å². The van der Waals surface area contributed by atoms with E-state index in [9.17, 15) is 24.3 Å². The number of aliphatic hydroxyl groups excluding tert-OH is 1. The molecule has 0 radical (unpaired) electrons. The Morgan fingerprint density at radius 2 is 1.84 bits per heavy atom. The number of carbonyl (C=O) groups excluding carboxylic acids is 3. The van der Waals surface area contributed by atoms with Gasteiger partial charge in [-0.25, -0.2) is 4.68 Å². The lowest BCUT2D eigenvalue weighted by atomic mass is 9.90. The maximum Gasteiger partial charge on any atom is 0.277 e. The number of nitrogens with zero attached hydrogens (tertiary/aromatic N) is 3. The lowest BCUT2D eigenvalue weighted by molar-refractivity contribution is -0.129. The van der Waals surface area contributed by atoms with Gasteiger partial charge in [-0.1, -0.05) is 0 Å². The second-order valence-corrected chi connectivity index (χ2v) is 6.19. The minimum Gasteiger partial charge on any atom is -0.506 e. The summed E-state index contributed by atoms with van der Waals surface area (Å²) in [5.74, 6) is -1.69. The first-order valence-corrected chi connectivity index (χ1v) is 8.01. The molecule has 134 valence electrons. The van der Waals surface area contributed by atoms with Gasteiger partial charge in [-0.2, -0.15) is 5.10 Å². The van der Waals surface area contributed by atoms with Gasteiger partial charge in [-0.3, -0.25) is 19.2 Å². The minimum absolute atomic E-state index is 0.0367. The predicted octanol–water partition coefficient (Wildman–Crippen LogP) is 0.621. The molecule has 1 aromatic heterocycles. The first-order chi connectivity index (χ1) is 11.7. The van der Waals surface area contributed by atoms with Crippen LogP contribution in [0.5, 0.6) is 0 Å². The molecule has 0 saturated heterocycles. The Morgan fingerprint density at radius 1 is 1.24 bits per heavy atom. The summed E-state index contributed by atoms with van der Waals surface area (Å²) < 4.78 is 1.07. The number of amides is 1. The summed E-state index contributed by atoms with van der Waals surface area (Å²) in [5.41, 5.74) is -0.684. The normalized spacial score (nSPS) is 14.6. The number of hydrogen-bond donors (Lipinski definition) is 1. The molecule has 8 nitrogen and oxygen atoms in total. The van der Waals surface area contributed by atoms with Crippen LogP contribution in [0.4, 0.5) is 0 Å². The SMILES string of the molecule is Cc1cc(C(O)=C2C(=O)CCCC2=O)c(=O)n(CCC(=O)N(C)C)n1. The monoisotopic (exact) mass is 347 g/mol. The van der Waals surface area contributed by atoms with Crippen LogP contribution >= 0.6 is 0 Å². The number of aromatic nitrogens is 2. The quantitative estimate of drug-likeness (QED) is 0.486. The van der Waals surface area contributed by atoms with Crippen LogP contribution in [0.3, 0.4) is 0 Å². The first kappa shape index (κ1) is 18.6. The van der Waals surface area contributed by atoms with Crippen LogP contribution in [0, 0.1) is 6.92 Å². The number of rotatable bonds is 4. The van der Waals surface area contributed by atoms with Crippen LogP contribution in [0.15, 0.2) is 16.4 Å². The predicted molar refractivity (Wildman–Crippen MR) is 90.0 cm³/mol. The van der Waals surface area contributed by atoms with Crippen molar-refractivity contribution in [1.29, 1.82) is 0 Å². The van der Waals surface area contributed by atoms with E-state index in [0.717, 1.165) is 4.68 Å². The van der Waals surface area contributed by atoms with Gasteiger partial charge in [-0.15, -0.1) is 0 Å². The molecular weight excluding hydrogens is 326 g/mol. The molecule has 1 fully saturated rings. The molecule has 1 heterocycles. The fourth-order valence-corrected chi connectivity index (χ4v) is 2.63. The summed E-state index contributed by atoms with van der Waals surface area (Å²) in [6.45, 7) is 1.66. The zero-order valence-corrected chi connectivity index (χ0v) is 14.5.